The first-order valence-corrected chi connectivity index (χ1v) is 7.20. The van der Waals surface area contributed by atoms with Crippen molar-refractivity contribution in [2.45, 2.75) is 13.0 Å². The van der Waals surface area contributed by atoms with E-state index in [0.29, 0.717) is 12.1 Å². The molecule has 12 nitrogen and oxygen atoms in total. The highest BCUT2D eigenvalue weighted by Crippen LogP contribution is 2.38. The van der Waals surface area contributed by atoms with Crippen molar-refractivity contribution >= 4 is 23.1 Å². The Morgan fingerprint density at radius 3 is 2.00 bits per heavy atom. The Bertz CT molecular complexity index is 832. The number of nitro benzene ring substituents is 3. The summed E-state index contributed by atoms with van der Waals surface area (Å²) in [5.74, 6) is -1.21. The number of aromatic hydroxyl groups is 1. The van der Waals surface area contributed by atoms with Crippen molar-refractivity contribution in [2.75, 3.05) is 0 Å². The van der Waals surface area contributed by atoms with E-state index in [1.54, 1.807) is 25.4 Å². The maximum absolute atomic E-state index is 10.4. The van der Waals surface area contributed by atoms with Gasteiger partial charge in [0.2, 0.25) is 0 Å². The second-order valence-electron chi connectivity index (χ2n) is 4.99. The van der Waals surface area contributed by atoms with Crippen LogP contribution in [0.3, 0.4) is 0 Å². The van der Waals surface area contributed by atoms with Gasteiger partial charge in [-0.05, 0) is 18.6 Å². The molecule has 0 saturated carbocycles. The number of phenols is 1. The number of hydrogen-bond acceptors (Lipinski definition) is 9. The third-order valence-electron chi connectivity index (χ3n) is 2.91. The van der Waals surface area contributed by atoms with Crippen LogP contribution in [0.2, 0.25) is 0 Å². The number of hydrogen-bond donors (Lipinski definition) is 2. The molecule has 2 N–H and O–H groups in total. The Morgan fingerprint density at radius 2 is 1.63 bits per heavy atom. The lowest BCUT2D eigenvalue weighted by atomic mass is 10.2. The van der Waals surface area contributed by atoms with Crippen LogP contribution in [-0.4, -0.2) is 36.1 Å². The van der Waals surface area contributed by atoms with Crippen LogP contribution in [0.1, 0.15) is 12.5 Å². The summed E-state index contributed by atoms with van der Waals surface area (Å²) >= 11 is 0. The number of pyridine rings is 1. The third-order valence-corrected chi connectivity index (χ3v) is 2.91. The molecule has 1 unspecified atom stereocenters. The molecule has 0 amide bonds. The zero-order chi connectivity index (χ0) is 20.6. The average molecular weight is 378 g/mol. The minimum atomic E-state index is -1.21. The van der Waals surface area contributed by atoms with E-state index in [9.17, 15) is 30.3 Å². The molecule has 0 bridgehead atoms. The van der Waals surface area contributed by atoms with Crippen molar-refractivity contribution in [1.82, 2.24) is 4.98 Å². The molecule has 1 atom stereocenters. The van der Waals surface area contributed by atoms with Crippen molar-refractivity contribution in [3.05, 3.63) is 78.6 Å². The molecule has 1 heterocycles. The fraction of sp³-hybridized carbons (Fsp3) is 0.133. The van der Waals surface area contributed by atoms with E-state index in [2.05, 4.69) is 4.98 Å². The summed E-state index contributed by atoms with van der Waals surface area (Å²) in [6.45, 7) is 1.72. The molecule has 2 aromatic rings. The molecule has 142 valence electrons. The number of nitro groups is 3. The number of aromatic nitrogens is 1. The predicted molar refractivity (Wildman–Crippen MR) is 93.0 cm³/mol. The lowest BCUT2D eigenvalue weighted by Crippen LogP contribution is -1.97. The highest BCUT2D eigenvalue weighted by molar-refractivity contribution is 5.64. The van der Waals surface area contributed by atoms with Gasteiger partial charge in [0.1, 0.15) is 0 Å². The van der Waals surface area contributed by atoms with Gasteiger partial charge in [0, 0.05) is 12.4 Å². The van der Waals surface area contributed by atoms with E-state index in [-0.39, 0.29) is 0 Å². The van der Waals surface area contributed by atoms with Gasteiger partial charge in [-0.1, -0.05) is 18.2 Å². The standard InChI is InChI=1S/C9H11NO.C6H3N3O7/c1-8(11)4-5-9-3-2-6-10-7-9;10-6-4(8(13)14)1-3(7(11)12)2-5(6)9(15)16/h2-8,11H,1H3;1-2,10H. The van der Waals surface area contributed by atoms with Gasteiger partial charge >= 0.3 is 11.4 Å². The van der Waals surface area contributed by atoms with Gasteiger partial charge < -0.3 is 10.2 Å². The van der Waals surface area contributed by atoms with Gasteiger partial charge in [0.15, 0.2) is 0 Å². The van der Waals surface area contributed by atoms with Crippen LogP contribution in [-0.2, 0) is 0 Å². The van der Waals surface area contributed by atoms with E-state index in [1.165, 1.54) is 0 Å². The van der Waals surface area contributed by atoms with Crippen LogP contribution in [0.5, 0.6) is 5.75 Å². The number of benzene rings is 1. The molecular weight excluding hydrogens is 364 g/mol. The summed E-state index contributed by atoms with van der Waals surface area (Å²) in [5.41, 5.74) is -1.99. The van der Waals surface area contributed by atoms with Crippen LogP contribution in [0.15, 0.2) is 42.7 Å². The molecular formula is C15H14N4O8. The van der Waals surface area contributed by atoms with Crippen molar-refractivity contribution in [3.63, 3.8) is 0 Å². The normalized spacial score (nSPS) is 11.3. The van der Waals surface area contributed by atoms with Crippen LogP contribution in [0.25, 0.3) is 6.08 Å². The molecule has 27 heavy (non-hydrogen) atoms. The Kier molecular flexibility index (Phi) is 7.45. The first-order valence-electron chi connectivity index (χ1n) is 7.20. The molecule has 12 heteroatoms. The van der Waals surface area contributed by atoms with Gasteiger partial charge in [-0.3, -0.25) is 35.3 Å². The quantitative estimate of drug-likeness (QED) is 0.583. The summed E-state index contributed by atoms with van der Waals surface area (Å²) in [4.78, 5) is 31.7. The SMILES string of the molecule is CC(O)C=Cc1cccnc1.O=[N+]([O-])c1cc([N+](=O)[O-])c(O)c([N+](=O)[O-])c1. The summed E-state index contributed by atoms with van der Waals surface area (Å²) in [6.07, 6.45) is 6.64. The zero-order valence-electron chi connectivity index (χ0n) is 13.8. The first-order chi connectivity index (χ1) is 12.6. The van der Waals surface area contributed by atoms with Crippen molar-refractivity contribution in [2.24, 2.45) is 0 Å². The summed E-state index contributed by atoms with van der Waals surface area (Å²) in [6, 6.07) is 4.69. The molecule has 0 aliphatic heterocycles. The number of non-ortho nitro benzene ring substituents is 1. The van der Waals surface area contributed by atoms with E-state index in [1.807, 2.05) is 18.2 Å². The molecule has 0 fully saturated rings. The van der Waals surface area contributed by atoms with Gasteiger partial charge in [0.25, 0.3) is 11.4 Å². The Labute approximate surface area is 151 Å². The van der Waals surface area contributed by atoms with Gasteiger partial charge in [0.05, 0.1) is 33.0 Å². The summed E-state index contributed by atoms with van der Waals surface area (Å²) in [7, 11) is 0. The molecule has 0 aliphatic carbocycles. The van der Waals surface area contributed by atoms with E-state index < -0.39 is 43.7 Å². The van der Waals surface area contributed by atoms with E-state index >= 15 is 0 Å². The second kappa shape index (κ2) is 9.53. The topological polar surface area (TPSA) is 183 Å². The van der Waals surface area contributed by atoms with Crippen LogP contribution in [0.4, 0.5) is 17.1 Å². The Hall–Kier alpha value is -3.93. The van der Waals surface area contributed by atoms with Crippen molar-refractivity contribution < 1.29 is 25.0 Å². The van der Waals surface area contributed by atoms with E-state index in [0.717, 1.165) is 5.56 Å². The highest BCUT2D eigenvalue weighted by atomic mass is 16.6. The monoisotopic (exact) mass is 378 g/mol. The third kappa shape index (κ3) is 6.47. The number of phenolic OH excluding ortho intramolecular Hbond substituents is 1. The van der Waals surface area contributed by atoms with E-state index in [4.69, 9.17) is 10.2 Å². The molecule has 1 aromatic heterocycles. The fourth-order valence-electron chi connectivity index (χ4n) is 1.70. The van der Waals surface area contributed by atoms with Crippen LogP contribution < -0.4 is 0 Å². The van der Waals surface area contributed by atoms with Crippen molar-refractivity contribution in [1.29, 1.82) is 0 Å². The summed E-state index contributed by atoms with van der Waals surface area (Å²) in [5, 5.41) is 49.1. The van der Waals surface area contributed by atoms with Gasteiger partial charge in [-0.15, -0.1) is 0 Å². The van der Waals surface area contributed by atoms with Crippen LogP contribution in [0, 0.1) is 30.3 Å². The zero-order valence-corrected chi connectivity index (χ0v) is 13.8. The number of aliphatic hydroxyl groups excluding tert-OH is 1. The number of aliphatic hydroxyl groups is 1. The predicted octanol–water partition coefficient (Wildman–Crippen LogP) is 2.59. The molecule has 0 spiro atoms. The average Bonchev–Trinajstić information content (AvgIpc) is 2.60. The maximum Gasteiger partial charge on any atom is 0.324 e. The summed E-state index contributed by atoms with van der Waals surface area (Å²) < 4.78 is 0. The van der Waals surface area contributed by atoms with Crippen molar-refractivity contribution in [3.8, 4) is 5.75 Å². The lowest BCUT2D eigenvalue weighted by molar-refractivity contribution is -0.404. The minimum Gasteiger partial charge on any atom is -0.497 e. The van der Waals surface area contributed by atoms with Gasteiger partial charge in [-0.25, -0.2) is 0 Å². The van der Waals surface area contributed by atoms with Gasteiger partial charge in [-0.2, -0.15) is 0 Å². The molecule has 2 rings (SSSR count). The molecule has 0 aliphatic rings. The minimum absolute atomic E-state index is 0.393. The molecule has 1 aromatic carbocycles. The Balaban J connectivity index is 0.000000289. The smallest absolute Gasteiger partial charge is 0.324 e. The number of rotatable bonds is 5. The fourth-order valence-corrected chi connectivity index (χ4v) is 1.70. The highest BCUT2D eigenvalue weighted by Gasteiger charge is 2.30. The molecule has 0 radical (unpaired) electrons. The lowest BCUT2D eigenvalue weighted by Gasteiger charge is -1.97. The first kappa shape index (κ1) is 21.1. The molecule has 0 saturated heterocycles. The maximum atomic E-state index is 10.4. The Morgan fingerprint density at radius 1 is 1.07 bits per heavy atom. The van der Waals surface area contributed by atoms with Crippen LogP contribution >= 0.6 is 0 Å². The number of nitrogens with zero attached hydrogens (tertiary/aromatic N) is 4. The largest absolute Gasteiger partial charge is 0.497 e. The second-order valence-corrected chi connectivity index (χ2v) is 4.99.